The van der Waals surface area contributed by atoms with E-state index >= 15 is 0 Å². The number of ether oxygens (including phenoxy) is 1. The molecular weight excluding hydrogens is 452 g/mol. The van der Waals surface area contributed by atoms with E-state index in [9.17, 15) is 19.2 Å². The van der Waals surface area contributed by atoms with Crippen LogP contribution in [-0.4, -0.2) is 58.2 Å². The second kappa shape index (κ2) is 11.0. The fourth-order valence-electron chi connectivity index (χ4n) is 3.58. The van der Waals surface area contributed by atoms with Crippen LogP contribution in [0.1, 0.15) is 21.0 Å². The van der Waals surface area contributed by atoms with E-state index in [4.69, 9.17) is 5.11 Å². The minimum Gasteiger partial charge on any atom is -0.480 e. The lowest BCUT2D eigenvalue weighted by Crippen LogP contribution is -2.31. The van der Waals surface area contributed by atoms with Crippen molar-refractivity contribution in [3.63, 3.8) is 0 Å². The van der Waals surface area contributed by atoms with Gasteiger partial charge in [-0.05, 0) is 24.3 Å². The number of carbonyl (C=O) groups is 4. The Morgan fingerprint density at radius 2 is 1.20 bits per heavy atom. The number of para-hydroxylation sites is 2. The van der Waals surface area contributed by atoms with E-state index in [1.54, 1.807) is 28.3 Å². The molecular formula is C25H26N4O6. The van der Waals surface area contributed by atoms with Gasteiger partial charge in [-0.1, -0.05) is 36.4 Å². The number of aliphatic carboxylic acids is 1. The summed E-state index contributed by atoms with van der Waals surface area (Å²) in [4.78, 5) is 45.0. The third kappa shape index (κ3) is 5.85. The van der Waals surface area contributed by atoms with E-state index in [0.717, 1.165) is 21.8 Å². The Balaban J connectivity index is 0.000000196. The molecule has 2 aromatic heterocycles. The SMILES string of the molecule is COC(=O)CNC(=O)c1cc2ccccc2n1C.Cn1c(C(=O)NCC(=O)O)cc2ccccc21. The number of hydrogen-bond acceptors (Lipinski definition) is 5. The van der Waals surface area contributed by atoms with Crippen LogP contribution in [0.5, 0.6) is 0 Å². The van der Waals surface area contributed by atoms with Crippen LogP contribution < -0.4 is 10.6 Å². The lowest BCUT2D eigenvalue weighted by atomic mass is 10.2. The lowest BCUT2D eigenvalue weighted by molar-refractivity contribution is -0.139. The molecule has 3 N–H and O–H groups in total. The van der Waals surface area contributed by atoms with Gasteiger partial charge in [0.25, 0.3) is 11.8 Å². The predicted octanol–water partition coefficient (Wildman–Crippen LogP) is 2.07. The van der Waals surface area contributed by atoms with Crippen LogP contribution in [0.25, 0.3) is 21.8 Å². The van der Waals surface area contributed by atoms with Crippen LogP contribution in [0.3, 0.4) is 0 Å². The van der Waals surface area contributed by atoms with Gasteiger partial charge in [0.05, 0.1) is 7.11 Å². The zero-order chi connectivity index (χ0) is 25.5. The zero-order valence-electron chi connectivity index (χ0n) is 19.6. The molecule has 0 aliphatic carbocycles. The number of fused-ring (bicyclic) bond motifs is 2. The van der Waals surface area contributed by atoms with Gasteiger partial charge in [-0.15, -0.1) is 0 Å². The van der Waals surface area contributed by atoms with Gasteiger partial charge >= 0.3 is 11.9 Å². The molecule has 2 amide bonds. The fraction of sp³-hybridized carbons (Fsp3) is 0.200. The normalized spacial score (nSPS) is 10.4. The summed E-state index contributed by atoms with van der Waals surface area (Å²) in [5, 5.41) is 15.3. The summed E-state index contributed by atoms with van der Waals surface area (Å²) in [6, 6.07) is 18.8. The zero-order valence-corrected chi connectivity index (χ0v) is 19.6. The van der Waals surface area contributed by atoms with Crippen molar-refractivity contribution in [2.24, 2.45) is 14.1 Å². The number of carboxylic acid groups (broad SMARTS) is 1. The molecule has 0 bridgehead atoms. The maximum atomic E-state index is 11.9. The van der Waals surface area contributed by atoms with Gasteiger partial charge in [-0.3, -0.25) is 19.2 Å². The molecule has 0 aliphatic heterocycles. The quantitative estimate of drug-likeness (QED) is 0.364. The molecule has 35 heavy (non-hydrogen) atoms. The Kier molecular flexibility index (Phi) is 7.88. The molecule has 0 aliphatic rings. The standard InChI is InChI=1S/C13H14N2O3.C12H12N2O3/c1-15-10-6-4-3-5-9(10)7-11(15)13(17)14-8-12(16)18-2;1-14-9-5-3-2-4-8(9)6-10(14)12(17)13-7-11(15)16/h3-7H,8H2,1-2H3,(H,14,17);2-6H,7H2,1H3,(H,13,17)(H,15,16). The van der Waals surface area contributed by atoms with E-state index in [-0.39, 0.29) is 24.9 Å². The molecule has 10 nitrogen and oxygen atoms in total. The lowest BCUT2D eigenvalue weighted by Gasteiger charge is -2.05. The number of carboxylic acids is 1. The van der Waals surface area contributed by atoms with Crippen molar-refractivity contribution in [3.05, 3.63) is 72.1 Å². The van der Waals surface area contributed by atoms with Crippen LogP contribution in [0.15, 0.2) is 60.7 Å². The second-order valence-electron chi connectivity index (χ2n) is 7.63. The number of amides is 2. The van der Waals surface area contributed by atoms with Gasteiger partial charge < -0.3 is 29.6 Å². The topological polar surface area (TPSA) is 132 Å². The van der Waals surface area contributed by atoms with Crippen LogP contribution in [0.2, 0.25) is 0 Å². The first-order valence-corrected chi connectivity index (χ1v) is 10.7. The third-order valence-electron chi connectivity index (χ3n) is 5.39. The van der Waals surface area contributed by atoms with Crippen LogP contribution >= 0.6 is 0 Å². The van der Waals surface area contributed by atoms with E-state index in [1.807, 2.05) is 55.6 Å². The summed E-state index contributed by atoms with van der Waals surface area (Å²) in [7, 11) is 4.87. The van der Waals surface area contributed by atoms with Gasteiger partial charge in [-0.25, -0.2) is 0 Å². The molecule has 0 saturated carbocycles. The number of esters is 1. The molecule has 2 heterocycles. The Labute approximate surface area is 201 Å². The van der Waals surface area contributed by atoms with E-state index in [1.165, 1.54) is 7.11 Å². The van der Waals surface area contributed by atoms with E-state index in [2.05, 4.69) is 15.4 Å². The maximum absolute atomic E-state index is 11.9. The van der Waals surface area contributed by atoms with Crippen molar-refractivity contribution < 1.29 is 29.0 Å². The molecule has 0 unspecified atom stereocenters. The number of hydrogen-bond donors (Lipinski definition) is 3. The smallest absolute Gasteiger partial charge is 0.325 e. The summed E-state index contributed by atoms with van der Waals surface area (Å²) >= 11 is 0. The van der Waals surface area contributed by atoms with Crippen molar-refractivity contribution >= 4 is 45.6 Å². The molecule has 10 heteroatoms. The molecule has 4 aromatic rings. The predicted molar refractivity (Wildman–Crippen MR) is 130 cm³/mol. The average Bonchev–Trinajstić information content (AvgIpc) is 3.38. The number of benzene rings is 2. The Morgan fingerprint density at radius 3 is 1.60 bits per heavy atom. The maximum Gasteiger partial charge on any atom is 0.325 e. The average molecular weight is 479 g/mol. The van der Waals surface area contributed by atoms with E-state index < -0.39 is 11.9 Å². The van der Waals surface area contributed by atoms with Crippen LogP contribution in [-0.2, 0) is 28.4 Å². The van der Waals surface area contributed by atoms with Crippen molar-refractivity contribution in [3.8, 4) is 0 Å². The number of carbonyl (C=O) groups excluding carboxylic acids is 3. The molecule has 0 atom stereocenters. The fourth-order valence-corrected chi connectivity index (χ4v) is 3.58. The van der Waals surface area contributed by atoms with Gasteiger partial charge in [-0.2, -0.15) is 0 Å². The number of aromatic nitrogens is 2. The van der Waals surface area contributed by atoms with Crippen molar-refractivity contribution in [2.75, 3.05) is 20.2 Å². The van der Waals surface area contributed by atoms with Crippen LogP contribution in [0.4, 0.5) is 0 Å². The molecule has 0 saturated heterocycles. The number of nitrogens with zero attached hydrogens (tertiary/aromatic N) is 2. The molecule has 0 fully saturated rings. The molecule has 0 spiro atoms. The summed E-state index contributed by atoms with van der Waals surface area (Å²) < 4.78 is 8.00. The van der Waals surface area contributed by atoms with Gasteiger partial charge in [0.1, 0.15) is 24.5 Å². The highest BCUT2D eigenvalue weighted by Gasteiger charge is 2.14. The first-order chi connectivity index (χ1) is 16.7. The monoisotopic (exact) mass is 478 g/mol. The summed E-state index contributed by atoms with van der Waals surface area (Å²) in [5.74, 6) is -2.20. The molecule has 2 aromatic carbocycles. The molecule has 182 valence electrons. The Morgan fingerprint density at radius 1 is 0.771 bits per heavy atom. The summed E-state index contributed by atoms with van der Waals surface area (Å²) in [5.41, 5.74) is 2.88. The number of rotatable bonds is 6. The van der Waals surface area contributed by atoms with Crippen molar-refractivity contribution in [1.82, 2.24) is 19.8 Å². The number of aryl methyl sites for hydroxylation is 2. The van der Waals surface area contributed by atoms with Crippen LogP contribution in [0, 0.1) is 0 Å². The number of nitrogens with one attached hydrogen (secondary N) is 2. The summed E-state index contributed by atoms with van der Waals surface area (Å²) in [6.07, 6.45) is 0. The van der Waals surface area contributed by atoms with Gasteiger partial charge in [0, 0.05) is 35.9 Å². The number of methoxy groups -OCH3 is 1. The largest absolute Gasteiger partial charge is 0.480 e. The first-order valence-electron chi connectivity index (χ1n) is 10.7. The minimum atomic E-state index is -1.06. The highest BCUT2D eigenvalue weighted by molar-refractivity contribution is 6.00. The third-order valence-corrected chi connectivity index (χ3v) is 5.39. The van der Waals surface area contributed by atoms with Crippen molar-refractivity contribution in [1.29, 1.82) is 0 Å². The first kappa shape index (κ1) is 25.0. The highest BCUT2D eigenvalue weighted by Crippen LogP contribution is 2.19. The summed E-state index contributed by atoms with van der Waals surface area (Å²) in [6.45, 7) is -0.503. The highest BCUT2D eigenvalue weighted by atomic mass is 16.5. The second-order valence-corrected chi connectivity index (χ2v) is 7.63. The Bertz CT molecular complexity index is 1400. The molecule has 4 rings (SSSR count). The van der Waals surface area contributed by atoms with Crippen molar-refractivity contribution in [2.45, 2.75) is 0 Å². The van der Waals surface area contributed by atoms with Gasteiger partial charge in [0.15, 0.2) is 0 Å². The minimum absolute atomic E-state index is 0.128. The Hall–Kier alpha value is -4.60. The molecule has 0 radical (unpaired) electrons. The van der Waals surface area contributed by atoms with E-state index in [0.29, 0.717) is 11.4 Å². The van der Waals surface area contributed by atoms with Gasteiger partial charge in [0.2, 0.25) is 0 Å².